The van der Waals surface area contributed by atoms with Crippen molar-refractivity contribution in [2.75, 3.05) is 44.8 Å². The quantitative estimate of drug-likeness (QED) is 0.836. The number of benzene rings is 2. The van der Waals surface area contributed by atoms with Gasteiger partial charge in [-0.1, -0.05) is 18.2 Å². The zero-order valence-electron chi connectivity index (χ0n) is 14.2. The van der Waals surface area contributed by atoms with Crippen LogP contribution in [-0.2, 0) is 4.79 Å². The molecule has 132 valence electrons. The summed E-state index contributed by atoms with van der Waals surface area (Å²) in [7, 11) is 1.57. The third-order valence-electron chi connectivity index (χ3n) is 4.23. The Kier molecular flexibility index (Phi) is 5.38. The molecule has 0 spiro atoms. The standard InChI is InChI=1S/C19H21FN2O3/c1-24-17-7-2-3-8-18(17)25-14-19(23)22-11-9-21(10-12-22)16-6-4-5-15(20)13-16/h2-8,13H,9-12,14H2,1H3. The van der Waals surface area contributed by atoms with Gasteiger partial charge in [-0.25, -0.2) is 4.39 Å². The molecule has 6 heteroatoms. The molecule has 1 amide bonds. The highest BCUT2D eigenvalue weighted by molar-refractivity contribution is 5.78. The molecule has 0 atom stereocenters. The van der Waals surface area contributed by atoms with Gasteiger partial charge in [-0.2, -0.15) is 0 Å². The fraction of sp³-hybridized carbons (Fsp3) is 0.316. The van der Waals surface area contributed by atoms with Gasteiger partial charge >= 0.3 is 0 Å². The topological polar surface area (TPSA) is 42.0 Å². The van der Waals surface area contributed by atoms with Crippen molar-refractivity contribution in [3.8, 4) is 11.5 Å². The monoisotopic (exact) mass is 344 g/mol. The van der Waals surface area contributed by atoms with E-state index >= 15 is 0 Å². The molecule has 0 saturated carbocycles. The fourth-order valence-corrected chi connectivity index (χ4v) is 2.86. The van der Waals surface area contributed by atoms with Crippen molar-refractivity contribution in [2.24, 2.45) is 0 Å². The number of piperazine rings is 1. The molecule has 1 heterocycles. The summed E-state index contributed by atoms with van der Waals surface area (Å²) in [5, 5.41) is 0. The van der Waals surface area contributed by atoms with Crippen LogP contribution >= 0.6 is 0 Å². The van der Waals surface area contributed by atoms with Gasteiger partial charge in [0, 0.05) is 31.9 Å². The van der Waals surface area contributed by atoms with Crippen LogP contribution in [0.15, 0.2) is 48.5 Å². The number of rotatable bonds is 5. The lowest BCUT2D eigenvalue weighted by Crippen LogP contribution is -2.50. The minimum atomic E-state index is -0.249. The summed E-state index contributed by atoms with van der Waals surface area (Å²) in [5.41, 5.74) is 0.845. The number of hydrogen-bond donors (Lipinski definition) is 0. The van der Waals surface area contributed by atoms with E-state index in [4.69, 9.17) is 9.47 Å². The zero-order chi connectivity index (χ0) is 17.6. The maximum atomic E-state index is 13.3. The number of methoxy groups -OCH3 is 1. The number of anilines is 1. The molecule has 1 saturated heterocycles. The highest BCUT2D eigenvalue weighted by Crippen LogP contribution is 2.25. The minimum absolute atomic E-state index is 0.0274. The second-order valence-corrected chi connectivity index (χ2v) is 5.79. The summed E-state index contributed by atoms with van der Waals surface area (Å²) >= 11 is 0. The van der Waals surface area contributed by atoms with Gasteiger partial charge < -0.3 is 19.3 Å². The molecule has 2 aromatic rings. The maximum Gasteiger partial charge on any atom is 0.260 e. The van der Waals surface area contributed by atoms with Crippen LogP contribution in [0.1, 0.15) is 0 Å². The molecule has 0 unspecified atom stereocenters. The Morgan fingerprint density at radius 2 is 1.76 bits per heavy atom. The van der Waals surface area contributed by atoms with E-state index in [1.807, 2.05) is 18.2 Å². The summed E-state index contributed by atoms with van der Waals surface area (Å²) in [5.74, 6) is 0.842. The molecule has 25 heavy (non-hydrogen) atoms. The maximum absolute atomic E-state index is 13.3. The summed E-state index contributed by atoms with van der Waals surface area (Å²) in [6.45, 7) is 2.49. The summed E-state index contributed by atoms with van der Waals surface area (Å²) < 4.78 is 24.1. The van der Waals surface area contributed by atoms with E-state index in [0.29, 0.717) is 37.7 Å². The average Bonchev–Trinajstić information content (AvgIpc) is 2.66. The lowest BCUT2D eigenvalue weighted by atomic mass is 10.2. The van der Waals surface area contributed by atoms with E-state index in [1.165, 1.54) is 12.1 Å². The highest BCUT2D eigenvalue weighted by Gasteiger charge is 2.22. The normalized spacial score (nSPS) is 14.3. The lowest BCUT2D eigenvalue weighted by Gasteiger charge is -2.36. The number of carbonyl (C=O) groups is 1. The van der Waals surface area contributed by atoms with E-state index < -0.39 is 0 Å². The Morgan fingerprint density at radius 3 is 2.44 bits per heavy atom. The van der Waals surface area contributed by atoms with Crippen molar-refractivity contribution in [1.29, 1.82) is 0 Å². The van der Waals surface area contributed by atoms with Gasteiger partial charge in [-0.05, 0) is 30.3 Å². The number of ether oxygens (including phenoxy) is 2. The minimum Gasteiger partial charge on any atom is -0.493 e. The van der Waals surface area contributed by atoms with Crippen molar-refractivity contribution in [3.63, 3.8) is 0 Å². The third kappa shape index (κ3) is 4.21. The molecule has 3 rings (SSSR count). The Labute approximate surface area is 146 Å². The summed E-state index contributed by atoms with van der Waals surface area (Å²) in [6.07, 6.45) is 0. The van der Waals surface area contributed by atoms with Crippen LogP contribution in [0.3, 0.4) is 0 Å². The molecule has 1 fully saturated rings. The number of amides is 1. The van der Waals surface area contributed by atoms with Crippen LogP contribution in [0, 0.1) is 5.82 Å². The summed E-state index contributed by atoms with van der Waals surface area (Å²) in [4.78, 5) is 16.2. The predicted octanol–water partition coefficient (Wildman–Crippen LogP) is 2.56. The number of para-hydroxylation sites is 2. The molecule has 1 aliphatic heterocycles. The first-order valence-corrected chi connectivity index (χ1v) is 8.21. The first-order valence-electron chi connectivity index (χ1n) is 8.21. The Morgan fingerprint density at radius 1 is 1.04 bits per heavy atom. The number of hydrogen-bond acceptors (Lipinski definition) is 4. The molecule has 0 bridgehead atoms. The zero-order valence-corrected chi connectivity index (χ0v) is 14.2. The van der Waals surface area contributed by atoms with Crippen molar-refractivity contribution >= 4 is 11.6 Å². The second-order valence-electron chi connectivity index (χ2n) is 5.79. The van der Waals surface area contributed by atoms with Gasteiger partial charge in [-0.15, -0.1) is 0 Å². The van der Waals surface area contributed by atoms with Crippen molar-refractivity contribution in [3.05, 3.63) is 54.3 Å². The van der Waals surface area contributed by atoms with Gasteiger partial charge in [0.05, 0.1) is 7.11 Å². The van der Waals surface area contributed by atoms with E-state index in [9.17, 15) is 9.18 Å². The number of nitrogens with zero attached hydrogens (tertiary/aromatic N) is 2. The van der Waals surface area contributed by atoms with Crippen LogP contribution in [0.5, 0.6) is 11.5 Å². The first-order chi connectivity index (χ1) is 12.2. The molecule has 0 aromatic heterocycles. The van der Waals surface area contributed by atoms with Gasteiger partial charge in [0.1, 0.15) is 5.82 Å². The van der Waals surface area contributed by atoms with Gasteiger partial charge in [0.25, 0.3) is 5.91 Å². The smallest absolute Gasteiger partial charge is 0.260 e. The first kappa shape index (κ1) is 17.1. The predicted molar refractivity (Wildman–Crippen MR) is 93.7 cm³/mol. The molecule has 0 radical (unpaired) electrons. The molecule has 0 aliphatic carbocycles. The molecule has 0 N–H and O–H groups in total. The Balaban J connectivity index is 1.51. The number of carbonyl (C=O) groups excluding carboxylic acids is 1. The molecular formula is C19H21FN2O3. The van der Waals surface area contributed by atoms with E-state index in [1.54, 1.807) is 30.2 Å². The summed E-state index contributed by atoms with van der Waals surface area (Å²) in [6, 6.07) is 13.8. The van der Waals surface area contributed by atoms with Crippen LogP contribution in [0.4, 0.5) is 10.1 Å². The van der Waals surface area contributed by atoms with E-state index in [0.717, 1.165) is 5.69 Å². The van der Waals surface area contributed by atoms with Crippen LogP contribution in [0.2, 0.25) is 0 Å². The van der Waals surface area contributed by atoms with Gasteiger partial charge in [0.2, 0.25) is 0 Å². The van der Waals surface area contributed by atoms with Crippen molar-refractivity contribution < 1.29 is 18.7 Å². The van der Waals surface area contributed by atoms with Gasteiger partial charge in [-0.3, -0.25) is 4.79 Å². The number of halogens is 1. The SMILES string of the molecule is COc1ccccc1OCC(=O)N1CCN(c2cccc(F)c2)CC1. The van der Waals surface area contributed by atoms with Crippen LogP contribution < -0.4 is 14.4 Å². The third-order valence-corrected chi connectivity index (χ3v) is 4.23. The van der Waals surface area contributed by atoms with Gasteiger partial charge in [0.15, 0.2) is 18.1 Å². The molecule has 5 nitrogen and oxygen atoms in total. The van der Waals surface area contributed by atoms with E-state index in [2.05, 4.69) is 4.90 Å². The second kappa shape index (κ2) is 7.88. The largest absolute Gasteiger partial charge is 0.493 e. The Bertz CT molecular complexity index is 730. The van der Waals surface area contributed by atoms with Crippen molar-refractivity contribution in [2.45, 2.75) is 0 Å². The fourth-order valence-electron chi connectivity index (χ4n) is 2.86. The van der Waals surface area contributed by atoms with Crippen LogP contribution in [0.25, 0.3) is 0 Å². The Hall–Kier alpha value is -2.76. The average molecular weight is 344 g/mol. The lowest BCUT2D eigenvalue weighted by molar-refractivity contribution is -0.133. The van der Waals surface area contributed by atoms with Crippen LogP contribution in [-0.4, -0.2) is 50.7 Å². The molecular weight excluding hydrogens is 323 g/mol. The highest BCUT2D eigenvalue weighted by atomic mass is 19.1. The molecule has 1 aliphatic rings. The van der Waals surface area contributed by atoms with Crippen molar-refractivity contribution in [1.82, 2.24) is 4.90 Å². The van der Waals surface area contributed by atoms with E-state index in [-0.39, 0.29) is 18.3 Å². The molecule has 2 aromatic carbocycles.